The zero-order valence-electron chi connectivity index (χ0n) is 12.8. The highest BCUT2D eigenvalue weighted by Gasteiger charge is 2.24. The Hall–Kier alpha value is -0.870. The molecule has 0 aliphatic heterocycles. The molecule has 1 aliphatic rings. The van der Waals surface area contributed by atoms with E-state index in [2.05, 4.69) is 49.3 Å². The zero-order chi connectivity index (χ0) is 13.8. The lowest BCUT2D eigenvalue weighted by Gasteiger charge is -2.30. The molecule has 0 fully saturated rings. The quantitative estimate of drug-likeness (QED) is 0.854. The molecule has 0 bridgehead atoms. The van der Waals surface area contributed by atoms with E-state index >= 15 is 0 Å². The third-order valence-corrected chi connectivity index (χ3v) is 4.29. The van der Waals surface area contributed by atoms with E-state index in [-0.39, 0.29) is 0 Å². The Bertz CT molecular complexity index is 395. The van der Waals surface area contributed by atoms with Gasteiger partial charge in [0.1, 0.15) is 0 Å². The van der Waals surface area contributed by atoms with Gasteiger partial charge in [0.15, 0.2) is 0 Å². The summed E-state index contributed by atoms with van der Waals surface area (Å²) in [6.45, 7) is 10.1. The molecule has 0 amide bonds. The molecule has 4 heteroatoms. The molecular formula is C15H28N4. The molecule has 4 nitrogen and oxygen atoms in total. The van der Waals surface area contributed by atoms with Crippen LogP contribution in [-0.4, -0.2) is 40.4 Å². The van der Waals surface area contributed by atoms with Gasteiger partial charge in [0.05, 0.1) is 6.20 Å². The second-order valence-electron chi connectivity index (χ2n) is 5.67. The first kappa shape index (κ1) is 14.5. The molecule has 0 saturated carbocycles. The summed E-state index contributed by atoms with van der Waals surface area (Å²) in [5.41, 5.74) is 2.83. The number of hydrogen-bond donors (Lipinski definition) is 1. The summed E-state index contributed by atoms with van der Waals surface area (Å²) >= 11 is 0. The molecule has 1 aliphatic carbocycles. The molecule has 1 N–H and O–H groups in total. The van der Waals surface area contributed by atoms with Crippen molar-refractivity contribution in [3.8, 4) is 0 Å². The zero-order valence-corrected chi connectivity index (χ0v) is 12.8. The van der Waals surface area contributed by atoms with Gasteiger partial charge in [0.25, 0.3) is 0 Å². The van der Waals surface area contributed by atoms with Gasteiger partial charge in [0, 0.05) is 36.9 Å². The second-order valence-corrected chi connectivity index (χ2v) is 5.67. The predicted octanol–water partition coefficient (Wildman–Crippen LogP) is 2.12. The molecule has 1 aromatic heterocycles. The topological polar surface area (TPSA) is 33.1 Å². The van der Waals surface area contributed by atoms with Crippen LogP contribution in [0.3, 0.4) is 0 Å². The molecule has 108 valence electrons. The average Bonchev–Trinajstić information content (AvgIpc) is 2.79. The van der Waals surface area contributed by atoms with Crippen molar-refractivity contribution in [2.24, 2.45) is 7.05 Å². The second kappa shape index (κ2) is 6.53. The lowest BCUT2D eigenvalue weighted by Crippen LogP contribution is -2.41. The van der Waals surface area contributed by atoms with Crippen LogP contribution < -0.4 is 5.32 Å². The van der Waals surface area contributed by atoms with Crippen LogP contribution in [0.15, 0.2) is 6.20 Å². The van der Waals surface area contributed by atoms with Crippen LogP contribution in [0.4, 0.5) is 0 Å². The van der Waals surface area contributed by atoms with E-state index in [1.807, 2.05) is 4.68 Å². The van der Waals surface area contributed by atoms with Crippen LogP contribution in [0, 0.1) is 0 Å². The Labute approximate surface area is 117 Å². The third-order valence-electron chi connectivity index (χ3n) is 4.29. The van der Waals surface area contributed by atoms with Gasteiger partial charge in [-0.15, -0.1) is 0 Å². The Balaban J connectivity index is 1.96. The predicted molar refractivity (Wildman–Crippen MR) is 79.3 cm³/mol. The molecule has 0 saturated heterocycles. The van der Waals surface area contributed by atoms with Gasteiger partial charge in [-0.05, 0) is 39.3 Å². The maximum absolute atomic E-state index is 4.42. The number of hydrogen-bond acceptors (Lipinski definition) is 3. The van der Waals surface area contributed by atoms with Crippen molar-refractivity contribution in [3.05, 3.63) is 17.5 Å². The van der Waals surface area contributed by atoms with Gasteiger partial charge >= 0.3 is 0 Å². The first-order valence-electron chi connectivity index (χ1n) is 7.64. The minimum atomic E-state index is 0.489. The fourth-order valence-electron chi connectivity index (χ4n) is 3.14. The molecule has 0 spiro atoms. The standard InChI is InChI=1S/C15H28N4/c1-5-19(6-2)11-12(3)17-14-8-7-9-15-13(14)10-16-18(15)4/h10,12,14,17H,5-9,11H2,1-4H3. The SMILES string of the molecule is CCN(CC)CC(C)NC1CCCc2c1cnn2C. The van der Waals surface area contributed by atoms with Crippen LogP contribution in [0.25, 0.3) is 0 Å². The fourth-order valence-corrected chi connectivity index (χ4v) is 3.14. The minimum Gasteiger partial charge on any atom is -0.306 e. The van der Waals surface area contributed by atoms with Crippen molar-refractivity contribution in [2.75, 3.05) is 19.6 Å². The summed E-state index contributed by atoms with van der Waals surface area (Å²) in [7, 11) is 2.06. The maximum Gasteiger partial charge on any atom is 0.0540 e. The van der Waals surface area contributed by atoms with Crippen LogP contribution in [0.2, 0.25) is 0 Å². The number of nitrogens with one attached hydrogen (secondary N) is 1. The molecule has 2 atom stereocenters. The average molecular weight is 264 g/mol. The highest BCUT2D eigenvalue weighted by Crippen LogP contribution is 2.29. The molecule has 1 heterocycles. The first-order chi connectivity index (χ1) is 9.15. The number of aromatic nitrogens is 2. The summed E-state index contributed by atoms with van der Waals surface area (Å²) in [5, 5.41) is 8.21. The largest absolute Gasteiger partial charge is 0.306 e. The van der Waals surface area contributed by atoms with E-state index in [1.54, 1.807) is 0 Å². The summed E-state index contributed by atoms with van der Waals surface area (Å²) < 4.78 is 2.04. The van der Waals surface area contributed by atoms with E-state index in [0.717, 1.165) is 19.6 Å². The number of aryl methyl sites for hydroxylation is 1. The van der Waals surface area contributed by atoms with Gasteiger partial charge in [0.2, 0.25) is 0 Å². The maximum atomic E-state index is 4.42. The van der Waals surface area contributed by atoms with Crippen molar-refractivity contribution in [1.82, 2.24) is 20.0 Å². The first-order valence-corrected chi connectivity index (χ1v) is 7.64. The lowest BCUT2D eigenvalue weighted by molar-refractivity contribution is 0.257. The van der Waals surface area contributed by atoms with Crippen LogP contribution >= 0.6 is 0 Å². The lowest BCUT2D eigenvalue weighted by atomic mass is 9.92. The Morgan fingerprint density at radius 3 is 2.89 bits per heavy atom. The molecule has 2 rings (SSSR count). The summed E-state index contributed by atoms with van der Waals surface area (Å²) in [6.07, 6.45) is 5.73. The minimum absolute atomic E-state index is 0.489. The summed E-state index contributed by atoms with van der Waals surface area (Å²) in [4.78, 5) is 2.48. The fraction of sp³-hybridized carbons (Fsp3) is 0.800. The number of nitrogens with zero attached hydrogens (tertiary/aromatic N) is 3. The molecule has 2 unspecified atom stereocenters. The Morgan fingerprint density at radius 1 is 1.47 bits per heavy atom. The normalized spacial score (nSPS) is 20.6. The van der Waals surface area contributed by atoms with Gasteiger partial charge in [-0.2, -0.15) is 5.10 Å². The Kier molecular flexibility index (Phi) is 4.99. The molecule has 0 aromatic carbocycles. The van der Waals surface area contributed by atoms with E-state index in [4.69, 9.17) is 0 Å². The van der Waals surface area contributed by atoms with Crippen molar-refractivity contribution >= 4 is 0 Å². The van der Waals surface area contributed by atoms with Crippen molar-refractivity contribution in [1.29, 1.82) is 0 Å². The molecular weight excluding hydrogens is 236 g/mol. The van der Waals surface area contributed by atoms with E-state index in [9.17, 15) is 0 Å². The van der Waals surface area contributed by atoms with Crippen LogP contribution in [-0.2, 0) is 13.5 Å². The molecule has 19 heavy (non-hydrogen) atoms. The van der Waals surface area contributed by atoms with E-state index < -0.39 is 0 Å². The van der Waals surface area contributed by atoms with E-state index in [1.165, 1.54) is 30.5 Å². The molecule has 1 aromatic rings. The highest BCUT2D eigenvalue weighted by atomic mass is 15.3. The van der Waals surface area contributed by atoms with Gasteiger partial charge in [-0.3, -0.25) is 4.68 Å². The van der Waals surface area contributed by atoms with Gasteiger partial charge < -0.3 is 10.2 Å². The third kappa shape index (κ3) is 3.37. The van der Waals surface area contributed by atoms with Crippen molar-refractivity contribution < 1.29 is 0 Å². The summed E-state index contributed by atoms with van der Waals surface area (Å²) in [6, 6.07) is 1.01. The molecule has 0 radical (unpaired) electrons. The van der Waals surface area contributed by atoms with Crippen LogP contribution in [0.5, 0.6) is 0 Å². The highest BCUT2D eigenvalue weighted by molar-refractivity contribution is 5.24. The number of fused-ring (bicyclic) bond motifs is 1. The van der Waals surface area contributed by atoms with Gasteiger partial charge in [-0.25, -0.2) is 0 Å². The monoisotopic (exact) mass is 264 g/mol. The number of rotatable bonds is 6. The summed E-state index contributed by atoms with van der Waals surface area (Å²) in [5.74, 6) is 0. The van der Waals surface area contributed by atoms with Crippen molar-refractivity contribution in [3.63, 3.8) is 0 Å². The smallest absolute Gasteiger partial charge is 0.0540 e. The van der Waals surface area contributed by atoms with Crippen molar-refractivity contribution in [2.45, 2.75) is 52.1 Å². The number of likely N-dealkylation sites (N-methyl/N-ethyl adjacent to an activating group) is 1. The Morgan fingerprint density at radius 2 is 2.21 bits per heavy atom. The van der Waals surface area contributed by atoms with E-state index in [0.29, 0.717) is 12.1 Å². The van der Waals surface area contributed by atoms with Crippen LogP contribution in [0.1, 0.15) is 50.9 Å². The van der Waals surface area contributed by atoms with Gasteiger partial charge in [-0.1, -0.05) is 13.8 Å².